The molecule has 0 amide bonds. The van der Waals surface area contributed by atoms with E-state index in [1.807, 2.05) is 0 Å². The molecule has 1 aromatic carbocycles. The molecule has 0 saturated heterocycles. The van der Waals surface area contributed by atoms with Crippen molar-refractivity contribution in [1.82, 2.24) is 5.32 Å². The summed E-state index contributed by atoms with van der Waals surface area (Å²) in [5.74, 6) is 0.873. The molecule has 0 heterocycles. The summed E-state index contributed by atoms with van der Waals surface area (Å²) < 4.78 is 0. The molecule has 1 N–H and O–H groups in total. The Hall–Kier alpha value is -0.820. The van der Waals surface area contributed by atoms with Gasteiger partial charge in [-0.2, -0.15) is 0 Å². The Morgan fingerprint density at radius 2 is 1.60 bits per heavy atom. The smallest absolute Gasteiger partial charge is 0.00670 e. The van der Waals surface area contributed by atoms with Crippen molar-refractivity contribution in [2.75, 3.05) is 6.54 Å². The normalized spacial score (nSPS) is 19.3. The highest BCUT2D eigenvalue weighted by atomic mass is 14.9. The van der Waals surface area contributed by atoms with Gasteiger partial charge in [-0.1, -0.05) is 57.4 Å². The highest BCUT2D eigenvalue weighted by Crippen LogP contribution is 2.25. The lowest BCUT2D eigenvalue weighted by atomic mass is 9.95. The first-order valence-electron chi connectivity index (χ1n) is 8.59. The van der Waals surface area contributed by atoms with E-state index in [2.05, 4.69) is 43.4 Å². The molecule has 1 heteroatoms. The van der Waals surface area contributed by atoms with E-state index in [1.54, 1.807) is 11.1 Å². The zero-order chi connectivity index (χ0) is 14.2. The van der Waals surface area contributed by atoms with Crippen molar-refractivity contribution in [2.45, 2.75) is 71.3 Å². The third-order valence-corrected chi connectivity index (χ3v) is 4.54. The van der Waals surface area contributed by atoms with Crippen LogP contribution in [0.2, 0.25) is 0 Å². The molecular formula is C19H31N. The van der Waals surface area contributed by atoms with Crippen LogP contribution in [0.1, 0.15) is 63.5 Å². The number of hydrogen-bond donors (Lipinski definition) is 1. The van der Waals surface area contributed by atoms with Crippen molar-refractivity contribution in [3.8, 4) is 0 Å². The molecular weight excluding hydrogens is 242 g/mol. The van der Waals surface area contributed by atoms with Gasteiger partial charge in [0.25, 0.3) is 0 Å². The third kappa shape index (κ3) is 4.94. The molecule has 2 aliphatic rings. The van der Waals surface area contributed by atoms with Gasteiger partial charge in [-0.25, -0.2) is 0 Å². The van der Waals surface area contributed by atoms with Gasteiger partial charge < -0.3 is 5.32 Å². The van der Waals surface area contributed by atoms with Crippen molar-refractivity contribution >= 4 is 0 Å². The van der Waals surface area contributed by atoms with Gasteiger partial charge in [-0.15, -0.1) is 0 Å². The van der Waals surface area contributed by atoms with Crippen LogP contribution in [0.4, 0.5) is 0 Å². The molecule has 1 aromatic rings. The summed E-state index contributed by atoms with van der Waals surface area (Å²) >= 11 is 0. The Balaban J connectivity index is 0.000000147. The molecule has 0 aromatic heterocycles. The SMILES string of the molecule is CC1Cc2ccccc2C1.CCCNC1CCCCC1. The Kier molecular flexibility index (Phi) is 6.59. The van der Waals surface area contributed by atoms with E-state index in [1.165, 1.54) is 57.9 Å². The van der Waals surface area contributed by atoms with Crippen LogP contribution < -0.4 is 5.32 Å². The molecule has 0 spiro atoms. The van der Waals surface area contributed by atoms with Crippen LogP contribution in [0, 0.1) is 5.92 Å². The van der Waals surface area contributed by atoms with Gasteiger partial charge in [0.2, 0.25) is 0 Å². The van der Waals surface area contributed by atoms with Gasteiger partial charge in [0, 0.05) is 6.04 Å². The summed E-state index contributed by atoms with van der Waals surface area (Å²) in [6, 6.07) is 9.62. The predicted molar refractivity (Wildman–Crippen MR) is 88.2 cm³/mol. The van der Waals surface area contributed by atoms with Gasteiger partial charge in [0.05, 0.1) is 0 Å². The average molecular weight is 273 g/mol. The summed E-state index contributed by atoms with van der Waals surface area (Å²) in [7, 11) is 0. The lowest BCUT2D eigenvalue weighted by molar-refractivity contribution is 0.374. The molecule has 2 aliphatic carbocycles. The van der Waals surface area contributed by atoms with E-state index in [4.69, 9.17) is 0 Å². The quantitative estimate of drug-likeness (QED) is 0.838. The Bertz CT molecular complexity index is 354. The first-order chi connectivity index (χ1) is 9.79. The molecule has 0 unspecified atom stereocenters. The summed E-state index contributed by atoms with van der Waals surface area (Å²) in [5.41, 5.74) is 3.13. The number of nitrogens with one attached hydrogen (secondary N) is 1. The molecule has 1 nitrogen and oxygen atoms in total. The molecule has 1 saturated carbocycles. The summed E-state index contributed by atoms with van der Waals surface area (Å²) in [4.78, 5) is 0. The topological polar surface area (TPSA) is 12.0 Å². The number of hydrogen-bond acceptors (Lipinski definition) is 1. The fraction of sp³-hybridized carbons (Fsp3) is 0.684. The zero-order valence-electron chi connectivity index (χ0n) is 13.3. The molecule has 0 bridgehead atoms. The van der Waals surface area contributed by atoms with E-state index < -0.39 is 0 Å². The molecule has 112 valence electrons. The van der Waals surface area contributed by atoms with Crippen LogP contribution in [-0.4, -0.2) is 12.6 Å². The third-order valence-electron chi connectivity index (χ3n) is 4.54. The highest BCUT2D eigenvalue weighted by molar-refractivity contribution is 5.31. The maximum absolute atomic E-state index is 3.57. The van der Waals surface area contributed by atoms with Crippen LogP contribution in [-0.2, 0) is 12.8 Å². The minimum atomic E-state index is 0.855. The summed E-state index contributed by atoms with van der Waals surface area (Å²) in [6.45, 7) is 5.76. The summed E-state index contributed by atoms with van der Waals surface area (Å²) in [6.07, 6.45) is 11.0. The molecule has 0 atom stereocenters. The lowest BCUT2D eigenvalue weighted by Crippen LogP contribution is -2.31. The van der Waals surface area contributed by atoms with Gasteiger partial charge >= 0.3 is 0 Å². The van der Waals surface area contributed by atoms with E-state index in [0.29, 0.717) is 0 Å². The fourth-order valence-corrected chi connectivity index (χ4v) is 3.43. The zero-order valence-corrected chi connectivity index (χ0v) is 13.3. The maximum Gasteiger partial charge on any atom is 0.00670 e. The molecule has 0 aliphatic heterocycles. The van der Waals surface area contributed by atoms with Crippen LogP contribution in [0.3, 0.4) is 0 Å². The fourth-order valence-electron chi connectivity index (χ4n) is 3.43. The van der Waals surface area contributed by atoms with Crippen molar-refractivity contribution < 1.29 is 0 Å². The van der Waals surface area contributed by atoms with E-state index in [-0.39, 0.29) is 0 Å². The van der Waals surface area contributed by atoms with Crippen molar-refractivity contribution in [2.24, 2.45) is 5.92 Å². The number of benzene rings is 1. The average Bonchev–Trinajstić information content (AvgIpc) is 2.87. The van der Waals surface area contributed by atoms with E-state index in [0.717, 1.165) is 12.0 Å². The van der Waals surface area contributed by atoms with Crippen LogP contribution in [0.25, 0.3) is 0 Å². The van der Waals surface area contributed by atoms with Gasteiger partial charge in [-0.05, 0) is 55.7 Å². The molecule has 3 rings (SSSR count). The first kappa shape index (κ1) is 15.6. The van der Waals surface area contributed by atoms with Gasteiger partial charge in [0.15, 0.2) is 0 Å². The maximum atomic E-state index is 3.57. The largest absolute Gasteiger partial charge is 0.314 e. The standard InChI is InChI=1S/C10H12.C9H19N/c1-8-6-9-4-2-3-5-10(9)7-8;1-2-8-10-9-6-4-3-5-7-9/h2-5,8H,6-7H2,1H3;9-10H,2-8H2,1H3. The lowest BCUT2D eigenvalue weighted by Gasteiger charge is -2.22. The first-order valence-corrected chi connectivity index (χ1v) is 8.59. The van der Waals surface area contributed by atoms with Crippen molar-refractivity contribution in [1.29, 1.82) is 0 Å². The van der Waals surface area contributed by atoms with Gasteiger partial charge in [-0.3, -0.25) is 0 Å². The summed E-state index contributed by atoms with van der Waals surface area (Å²) in [5, 5.41) is 3.57. The van der Waals surface area contributed by atoms with Crippen molar-refractivity contribution in [3.05, 3.63) is 35.4 Å². The Morgan fingerprint density at radius 1 is 1.00 bits per heavy atom. The van der Waals surface area contributed by atoms with Gasteiger partial charge in [0.1, 0.15) is 0 Å². The number of rotatable bonds is 3. The molecule has 20 heavy (non-hydrogen) atoms. The minimum Gasteiger partial charge on any atom is -0.314 e. The van der Waals surface area contributed by atoms with E-state index in [9.17, 15) is 0 Å². The predicted octanol–water partition coefficient (Wildman–Crippen LogP) is 4.74. The second kappa shape index (κ2) is 8.46. The molecule has 0 radical (unpaired) electrons. The Labute approximate surface area is 125 Å². The highest BCUT2D eigenvalue weighted by Gasteiger charge is 2.15. The van der Waals surface area contributed by atoms with Crippen LogP contribution in [0.5, 0.6) is 0 Å². The van der Waals surface area contributed by atoms with E-state index >= 15 is 0 Å². The number of fused-ring (bicyclic) bond motifs is 1. The minimum absolute atomic E-state index is 0.855. The Morgan fingerprint density at radius 3 is 2.15 bits per heavy atom. The molecule has 1 fully saturated rings. The van der Waals surface area contributed by atoms with Crippen molar-refractivity contribution in [3.63, 3.8) is 0 Å². The second-order valence-corrected chi connectivity index (χ2v) is 6.57. The van der Waals surface area contributed by atoms with Crippen LogP contribution in [0.15, 0.2) is 24.3 Å². The monoisotopic (exact) mass is 273 g/mol. The second-order valence-electron chi connectivity index (χ2n) is 6.57. The van der Waals surface area contributed by atoms with Crippen LogP contribution >= 0.6 is 0 Å².